The van der Waals surface area contributed by atoms with Crippen molar-refractivity contribution in [1.29, 1.82) is 0 Å². The highest BCUT2D eigenvalue weighted by Gasteiger charge is 2.23. The number of fused-ring (bicyclic) bond motifs is 1. The molecule has 34 heavy (non-hydrogen) atoms. The summed E-state index contributed by atoms with van der Waals surface area (Å²) in [5.41, 5.74) is 8.64. The topological polar surface area (TPSA) is 137 Å². The van der Waals surface area contributed by atoms with Crippen LogP contribution in [0.5, 0.6) is 5.88 Å². The van der Waals surface area contributed by atoms with Gasteiger partial charge in [-0.15, -0.1) is 11.3 Å². The van der Waals surface area contributed by atoms with Crippen molar-refractivity contribution in [3.8, 4) is 16.6 Å². The average Bonchev–Trinajstić information content (AvgIpc) is 3.36. The van der Waals surface area contributed by atoms with Crippen molar-refractivity contribution >= 4 is 44.3 Å². The number of nitrogens with two attached hydrogens (primary N) is 1. The highest BCUT2D eigenvalue weighted by Crippen LogP contribution is 2.36. The second-order valence-corrected chi connectivity index (χ2v) is 11.3. The van der Waals surface area contributed by atoms with E-state index in [9.17, 15) is 18.3 Å². The predicted octanol–water partition coefficient (Wildman–Crippen LogP) is 3.39. The molecule has 3 heterocycles. The van der Waals surface area contributed by atoms with Crippen molar-refractivity contribution in [3.63, 3.8) is 0 Å². The number of hydrogen-bond acceptors (Lipinski definition) is 8. The molecule has 9 nitrogen and oxygen atoms in total. The van der Waals surface area contributed by atoms with Crippen molar-refractivity contribution in [2.45, 2.75) is 25.4 Å². The van der Waals surface area contributed by atoms with E-state index >= 15 is 0 Å². The Hall–Kier alpha value is -2.99. The first-order valence-electron chi connectivity index (χ1n) is 10.1. The molecule has 0 saturated heterocycles. The van der Waals surface area contributed by atoms with Crippen LogP contribution in [0.25, 0.3) is 16.3 Å². The number of hydrogen-bond donors (Lipinski definition) is 2. The third-order valence-corrected chi connectivity index (χ3v) is 7.27. The number of sulfone groups is 1. The summed E-state index contributed by atoms with van der Waals surface area (Å²) in [4.78, 5) is 21.1. The molecule has 3 aromatic heterocycles. The zero-order chi connectivity index (χ0) is 24.6. The summed E-state index contributed by atoms with van der Waals surface area (Å²) in [5.74, 6) is -0.754. The van der Waals surface area contributed by atoms with Crippen LogP contribution in [-0.2, 0) is 22.2 Å². The summed E-state index contributed by atoms with van der Waals surface area (Å²) in [7, 11) is -3.22. The fourth-order valence-corrected chi connectivity index (χ4v) is 5.44. The van der Waals surface area contributed by atoms with Crippen LogP contribution in [0.3, 0.4) is 0 Å². The minimum Gasteiger partial charge on any atom is -0.469 e. The third-order valence-electron chi connectivity index (χ3n) is 5.01. The van der Waals surface area contributed by atoms with E-state index in [2.05, 4.69) is 9.97 Å². The molecule has 1 amide bonds. The van der Waals surface area contributed by atoms with E-state index in [4.69, 9.17) is 22.1 Å². The van der Waals surface area contributed by atoms with E-state index in [-0.39, 0.29) is 23.1 Å². The number of amides is 1. The average molecular weight is 521 g/mol. The van der Waals surface area contributed by atoms with Gasteiger partial charge in [-0.05, 0) is 30.2 Å². The number of rotatable bonds is 8. The van der Waals surface area contributed by atoms with Crippen LogP contribution >= 0.6 is 22.9 Å². The standard InChI is InChI=1S/C22H21ClN4O5S2/c1-12(15-5-3-13(10-28)7-16(15)23)32-21-19(20(24)29)33-22(26-21)17-8-25-18-6-4-14(9-27(17)18)11-34(2,30)31/h3-9,12,28H,10-11H2,1-2H3,(H2,24,29). The van der Waals surface area contributed by atoms with Crippen LogP contribution in [0, 0.1) is 0 Å². The number of nitrogens with zero attached hydrogens (tertiary/aromatic N) is 3. The Morgan fingerprint density at radius 2 is 2.03 bits per heavy atom. The van der Waals surface area contributed by atoms with Gasteiger partial charge in [0.2, 0.25) is 5.88 Å². The largest absolute Gasteiger partial charge is 0.469 e. The molecule has 0 saturated carbocycles. The number of aromatic nitrogens is 3. The minimum absolute atomic E-state index is 0.0598. The second-order valence-electron chi connectivity index (χ2n) is 7.77. The molecule has 0 radical (unpaired) electrons. The van der Waals surface area contributed by atoms with Gasteiger partial charge in [0.25, 0.3) is 5.91 Å². The molecule has 178 valence electrons. The number of primary amides is 1. The minimum atomic E-state index is -3.22. The van der Waals surface area contributed by atoms with Crippen LogP contribution in [0.15, 0.2) is 42.7 Å². The molecule has 1 aromatic carbocycles. The molecule has 0 aliphatic heterocycles. The van der Waals surface area contributed by atoms with Crippen molar-refractivity contribution in [3.05, 3.63) is 69.3 Å². The van der Waals surface area contributed by atoms with Crippen molar-refractivity contribution in [1.82, 2.24) is 14.4 Å². The molecule has 0 aliphatic carbocycles. The zero-order valence-electron chi connectivity index (χ0n) is 18.2. The molecule has 4 rings (SSSR count). The summed E-state index contributed by atoms with van der Waals surface area (Å²) >= 11 is 7.38. The number of ether oxygens (including phenoxy) is 1. The molecule has 0 aliphatic rings. The fourth-order valence-electron chi connectivity index (χ4n) is 3.45. The van der Waals surface area contributed by atoms with Crippen molar-refractivity contribution in [2.24, 2.45) is 5.73 Å². The fraction of sp³-hybridized carbons (Fsp3) is 0.227. The van der Waals surface area contributed by atoms with E-state index in [1.165, 1.54) is 6.26 Å². The van der Waals surface area contributed by atoms with Gasteiger partial charge < -0.3 is 15.6 Å². The summed E-state index contributed by atoms with van der Waals surface area (Å²) < 4.78 is 31.1. The Kier molecular flexibility index (Phi) is 6.63. The number of pyridine rings is 1. The Labute approximate surface area is 204 Å². The van der Waals surface area contributed by atoms with E-state index in [1.807, 2.05) is 0 Å². The van der Waals surface area contributed by atoms with Gasteiger partial charge in [0, 0.05) is 23.0 Å². The molecule has 0 fully saturated rings. The van der Waals surface area contributed by atoms with Crippen LogP contribution in [0.4, 0.5) is 0 Å². The maximum atomic E-state index is 12.1. The van der Waals surface area contributed by atoms with Gasteiger partial charge in [0.1, 0.15) is 22.5 Å². The quantitative estimate of drug-likeness (QED) is 0.363. The smallest absolute Gasteiger partial charge is 0.264 e. The highest BCUT2D eigenvalue weighted by molar-refractivity contribution is 7.89. The summed E-state index contributed by atoms with van der Waals surface area (Å²) in [6.07, 6.45) is 3.87. The lowest BCUT2D eigenvalue weighted by molar-refractivity contribution is 0.0997. The number of benzene rings is 1. The zero-order valence-corrected chi connectivity index (χ0v) is 20.6. The summed E-state index contributed by atoms with van der Waals surface area (Å²) in [6.45, 7) is 1.62. The Bertz CT molecular complexity index is 1500. The normalized spacial score (nSPS) is 12.7. The first kappa shape index (κ1) is 24.1. The lowest BCUT2D eigenvalue weighted by Gasteiger charge is -2.15. The van der Waals surface area contributed by atoms with Gasteiger partial charge in [-0.25, -0.2) is 13.4 Å². The Balaban J connectivity index is 1.71. The molecular formula is C22H21ClN4O5S2. The second kappa shape index (κ2) is 9.34. The first-order valence-corrected chi connectivity index (χ1v) is 13.3. The van der Waals surface area contributed by atoms with E-state index in [1.54, 1.807) is 54.0 Å². The lowest BCUT2D eigenvalue weighted by atomic mass is 10.1. The number of halogens is 1. The van der Waals surface area contributed by atoms with E-state index in [0.717, 1.165) is 11.3 Å². The number of carbonyl (C=O) groups excluding carboxylic acids is 1. The maximum Gasteiger partial charge on any atom is 0.264 e. The van der Waals surface area contributed by atoms with E-state index in [0.29, 0.717) is 38.1 Å². The van der Waals surface area contributed by atoms with Gasteiger partial charge in [0.15, 0.2) is 14.7 Å². The Morgan fingerprint density at radius 3 is 2.68 bits per heavy atom. The van der Waals surface area contributed by atoms with Gasteiger partial charge >= 0.3 is 0 Å². The molecule has 4 aromatic rings. The number of aliphatic hydroxyl groups excluding tert-OH is 1. The lowest BCUT2D eigenvalue weighted by Crippen LogP contribution is -2.12. The SMILES string of the molecule is CC(Oc1nc(-c2cnc3ccc(CS(C)(=O)=O)cn23)sc1C(N)=O)c1ccc(CO)cc1Cl. The molecule has 0 spiro atoms. The maximum absolute atomic E-state index is 12.1. The van der Waals surface area contributed by atoms with E-state index < -0.39 is 21.8 Å². The molecule has 3 N–H and O–H groups in total. The van der Waals surface area contributed by atoms with Gasteiger partial charge in [-0.1, -0.05) is 29.8 Å². The molecule has 1 atom stereocenters. The summed E-state index contributed by atoms with van der Waals surface area (Å²) in [6, 6.07) is 8.53. The van der Waals surface area contributed by atoms with Gasteiger partial charge in [0.05, 0.1) is 18.6 Å². The van der Waals surface area contributed by atoms with Crippen LogP contribution in [0.1, 0.15) is 39.4 Å². The monoisotopic (exact) mass is 520 g/mol. The predicted molar refractivity (Wildman–Crippen MR) is 130 cm³/mol. The van der Waals surface area contributed by atoms with Crippen molar-refractivity contribution in [2.75, 3.05) is 6.26 Å². The molecule has 1 unspecified atom stereocenters. The summed E-state index contributed by atoms with van der Waals surface area (Å²) in [5, 5.41) is 10.1. The van der Waals surface area contributed by atoms with Crippen LogP contribution in [0.2, 0.25) is 5.02 Å². The van der Waals surface area contributed by atoms with Gasteiger partial charge in [-0.2, -0.15) is 4.98 Å². The van der Waals surface area contributed by atoms with Gasteiger partial charge in [-0.3, -0.25) is 9.20 Å². The molecular weight excluding hydrogens is 500 g/mol. The number of imidazole rings is 1. The molecule has 0 bridgehead atoms. The van der Waals surface area contributed by atoms with Crippen LogP contribution in [-0.4, -0.2) is 40.1 Å². The van der Waals surface area contributed by atoms with Crippen molar-refractivity contribution < 1.29 is 23.1 Å². The van der Waals surface area contributed by atoms with Crippen LogP contribution < -0.4 is 10.5 Å². The Morgan fingerprint density at radius 1 is 1.29 bits per heavy atom. The first-order chi connectivity index (χ1) is 16.1. The number of carbonyl (C=O) groups is 1. The molecule has 12 heteroatoms. The number of thiazole rings is 1. The number of aliphatic hydroxyl groups is 1. The third kappa shape index (κ3) is 5.07. The highest BCUT2D eigenvalue weighted by atomic mass is 35.5.